The molecule has 1 fully saturated rings. The maximum Gasteiger partial charge on any atom is 0.222 e. The van der Waals surface area contributed by atoms with E-state index in [-0.39, 0.29) is 29.9 Å². The molecule has 0 aliphatic heterocycles. The summed E-state index contributed by atoms with van der Waals surface area (Å²) in [6.45, 7) is 4.18. The van der Waals surface area contributed by atoms with Crippen molar-refractivity contribution in [2.45, 2.75) is 58.0 Å². The fourth-order valence-electron chi connectivity index (χ4n) is 3.21. The van der Waals surface area contributed by atoms with E-state index in [1.165, 1.54) is 24.8 Å². The first-order valence-corrected chi connectivity index (χ1v) is 9.51. The summed E-state index contributed by atoms with van der Waals surface area (Å²) >= 11 is 0. The van der Waals surface area contributed by atoms with Gasteiger partial charge in [0.25, 0.3) is 0 Å². The molecule has 1 aromatic rings. The van der Waals surface area contributed by atoms with E-state index in [0.29, 0.717) is 19.0 Å². The highest BCUT2D eigenvalue weighted by Crippen LogP contribution is 2.17. The second kappa shape index (κ2) is 12.9. The van der Waals surface area contributed by atoms with Crippen LogP contribution in [0.3, 0.4) is 0 Å². The van der Waals surface area contributed by atoms with Crippen molar-refractivity contribution >= 4 is 35.8 Å². The molecular weight excluding hydrogens is 439 g/mol. The smallest absolute Gasteiger partial charge is 0.222 e. The zero-order valence-electron chi connectivity index (χ0n) is 16.0. The Kier molecular flexibility index (Phi) is 11.3. The van der Waals surface area contributed by atoms with Gasteiger partial charge in [0.2, 0.25) is 5.91 Å². The molecule has 1 aromatic carbocycles. The molecule has 0 spiro atoms. The number of aliphatic imine (C=N–C) groups is 1. The highest BCUT2D eigenvalue weighted by molar-refractivity contribution is 14.0. The molecule has 6 heteroatoms. The van der Waals surface area contributed by atoms with Crippen LogP contribution in [-0.4, -0.2) is 42.9 Å². The number of carbonyl (C=O) groups is 1. The number of hydrogen-bond acceptors (Lipinski definition) is 2. The highest BCUT2D eigenvalue weighted by Gasteiger charge is 2.15. The third kappa shape index (κ3) is 8.38. The van der Waals surface area contributed by atoms with Crippen molar-refractivity contribution in [2.24, 2.45) is 4.99 Å². The lowest BCUT2D eigenvalue weighted by molar-refractivity contribution is -0.121. The van der Waals surface area contributed by atoms with E-state index in [4.69, 9.17) is 0 Å². The van der Waals surface area contributed by atoms with Gasteiger partial charge in [-0.1, -0.05) is 49.6 Å². The summed E-state index contributed by atoms with van der Waals surface area (Å²) in [6.07, 6.45) is 6.46. The number of guanidine groups is 1. The molecule has 0 atom stereocenters. The molecule has 0 radical (unpaired) electrons. The zero-order chi connectivity index (χ0) is 17.9. The Morgan fingerprint density at radius 2 is 1.88 bits per heavy atom. The predicted molar refractivity (Wildman–Crippen MR) is 119 cm³/mol. The van der Waals surface area contributed by atoms with Gasteiger partial charge in [0.15, 0.2) is 5.96 Å². The third-order valence-corrected chi connectivity index (χ3v) is 4.53. The fourth-order valence-corrected chi connectivity index (χ4v) is 3.21. The summed E-state index contributed by atoms with van der Waals surface area (Å²) in [7, 11) is 2.02. The first-order chi connectivity index (χ1) is 12.2. The largest absolute Gasteiger partial charge is 0.357 e. The molecule has 0 heterocycles. The van der Waals surface area contributed by atoms with Gasteiger partial charge in [0.1, 0.15) is 0 Å². The third-order valence-electron chi connectivity index (χ3n) is 4.53. The van der Waals surface area contributed by atoms with Gasteiger partial charge in [-0.2, -0.15) is 0 Å². The quantitative estimate of drug-likeness (QED) is 0.363. The lowest BCUT2D eigenvalue weighted by Gasteiger charge is -2.23. The summed E-state index contributed by atoms with van der Waals surface area (Å²) in [5, 5.41) is 6.45. The lowest BCUT2D eigenvalue weighted by Crippen LogP contribution is -2.39. The average molecular weight is 472 g/mol. The Balaban J connectivity index is 0.00000338. The van der Waals surface area contributed by atoms with E-state index < -0.39 is 0 Å². The molecule has 1 aliphatic rings. The minimum absolute atomic E-state index is 0. The summed E-state index contributed by atoms with van der Waals surface area (Å²) < 4.78 is 0. The number of halogens is 1. The summed E-state index contributed by atoms with van der Waals surface area (Å²) in [5.74, 6) is 0.967. The van der Waals surface area contributed by atoms with Crippen molar-refractivity contribution in [3.8, 4) is 0 Å². The van der Waals surface area contributed by atoms with Crippen LogP contribution in [0.2, 0.25) is 0 Å². The van der Waals surface area contributed by atoms with E-state index in [2.05, 4.69) is 39.6 Å². The maximum absolute atomic E-state index is 12.1. The second-order valence-corrected chi connectivity index (χ2v) is 6.73. The Bertz CT molecular complexity index is 544. The van der Waals surface area contributed by atoms with Crippen molar-refractivity contribution in [3.05, 3.63) is 35.9 Å². The van der Waals surface area contributed by atoms with Gasteiger partial charge >= 0.3 is 0 Å². The van der Waals surface area contributed by atoms with Crippen molar-refractivity contribution in [2.75, 3.05) is 20.1 Å². The second-order valence-electron chi connectivity index (χ2n) is 6.73. The Labute approximate surface area is 175 Å². The van der Waals surface area contributed by atoms with E-state index in [1.807, 2.05) is 25.2 Å². The van der Waals surface area contributed by atoms with Gasteiger partial charge in [-0.3, -0.25) is 9.79 Å². The van der Waals surface area contributed by atoms with E-state index in [1.54, 1.807) is 0 Å². The summed E-state index contributed by atoms with van der Waals surface area (Å²) in [6, 6.07) is 10.7. The van der Waals surface area contributed by atoms with Gasteiger partial charge in [-0.15, -0.1) is 24.0 Å². The lowest BCUT2D eigenvalue weighted by atomic mass is 9.95. The maximum atomic E-state index is 12.1. The number of benzene rings is 1. The molecule has 0 saturated heterocycles. The monoisotopic (exact) mass is 472 g/mol. The number of amides is 1. The zero-order valence-corrected chi connectivity index (χ0v) is 18.4. The molecule has 2 rings (SSSR count). The van der Waals surface area contributed by atoms with E-state index in [0.717, 1.165) is 31.9 Å². The molecule has 26 heavy (non-hydrogen) atoms. The Morgan fingerprint density at radius 3 is 2.54 bits per heavy atom. The normalized spacial score (nSPS) is 15.1. The first kappa shape index (κ1) is 22.7. The van der Waals surface area contributed by atoms with Crippen LogP contribution < -0.4 is 10.6 Å². The van der Waals surface area contributed by atoms with Crippen molar-refractivity contribution in [1.29, 1.82) is 0 Å². The molecule has 1 amide bonds. The van der Waals surface area contributed by atoms with E-state index in [9.17, 15) is 4.79 Å². The molecule has 1 saturated carbocycles. The Hall–Kier alpha value is -1.31. The minimum atomic E-state index is 0. The molecule has 0 bridgehead atoms. The topological polar surface area (TPSA) is 56.7 Å². The molecular formula is C20H33IN4O. The molecule has 0 aromatic heterocycles. The van der Waals surface area contributed by atoms with Gasteiger partial charge in [0, 0.05) is 32.6 Å². The van der Waals surface area contributed by atoms with Crippen LogP contribution in [0.15, 0.2) is 35.3 Å². The number of nitrogens with zero attached hydrogens (tertiary/aromatic N) is 2. The van der Waals surface area contributed by atoms with Crippen molar-refractivity contribution < 1.29 is 4.79 Å². The van der Waals surface area contributed by atoms with Crippen LogP contribution in [0.4, 0.5) is 0 Å². The van der Waals surface area contributed by atoms with Crippen LogP contribution in [0.25, 0.3) is 0 Å². The predicted octanol–water partition coefficient (Wildman–Crippen LogP) is 3.54. The number of carbonyl (C=O) groups excluding carboxylic acids is 1. The Morgan fingerprint density at radius 1 is 1.19 bits per heavy atom. The fraction of sp³-hybridized carbons (Fsp3) is 0.600. The van der Waals surface area contributed by atoms with Gasteiger partial charge in [-0.25, -0.2) is 0 Å². The van der Waals surface area contributed by atoms with Crippen molar-refractivity contribution in [3.63, 3.8) is 0 Å². The number of rotatable bonds is 7. The van der Waals surface area contributed by atoms with E-state index >= 15 is 0 Å². The highest BCUT2D eigenvalue weighted by atomic mass is 127. The van der Waals surface area contributed by atoms with Crippen LogP contribution in [0, 0.1) is 0 Å². The minimum Gasteiger partial charge on any atom is -0.357 e. The van der Waals surface area contributed by atoms with Crippen LogP contribution >= 0.6 is 24.0 Å². The van der Waals surface area contributed by atoms with Gasteiger partial charge < -0.3 is 15.5 Å². The van der Waals surface area contributed by atoms with Crippen LogP contribution in [0.5, 0.6) is 0 Å². The average Bonchev–Trinajstić information content (AvgIpc) is 2.62. The first-order valence-electron chi connectivity index (χ1n) is 9.51. The molecule has 2 N–H and O–H groups in total. The van der Waals surface area contributed by atoms with Crippen molar-refractivity contribution in [1.82, 2.24) is 15.5 Å². The number of hydrogen-bond donors (Lipinski definition) is 2. The molecule has 5 nitrogen and oxygen atoms in total. The summed E-state index contributed by atoms with van der Waals surface area (Å²) in [4.78, 5) is 18.8. The van der Waals surface area contributed by atoms with Gasteiger partial charge in [-0.05, 0) is 25.3 Å². The van der Waals surface area contributed by atoms with Gasteiger partial charge in [0.05, 0.1) is 6.54 Å². The van der Waals surface area contributed by atoms with Crippen LogP contribution in [0.1, 0.15) is 51.0 Å². The number of nitrogens with one attached hydrogen (secondary N) is 2. The standard InChI is InChI=1S/C20H32N4O.HI/c1-3-21-20(24(2)16-17-10-6-4-7-11-17)22-15-14-19(25)23-18-12-8-5-9-13-18;/h4,6-7,10-11,18H,3,5,8-9,12-16H2,1-2H3,(H,21,22)(H,23,25);1H. The molecule has 146 valence electrons. The molecule has 1 aliphatic carbocycles. The summed E-state index contributed by atoms with van der Waals surface area (Å²) in [5.41, 5.74) is 1.24. The molecule has 0 unspecified atom stereocenters. The van der Waals surface area contributed by atoms with Crippen LogP contribution in [-0.2, 0) is 11.3 Å². The SMILES string of the molecule is CCNC(=NCCC(=O)NC1CCCCC1)N(C)Cc1ccccc1.I.